The van der Waals surface area contributed by atoms with Crippen LogP contribution in [0.1, 0.15) is 22.8 Å². The molecule has 2 rings (SSSR count). The molecule has 0 unspecified atom stereocenters. The molecule has 0 aliphatic rings. The summed E-state index contributed by atoms with van der Waals surface area (Å²) in [6.07, 6.45) is 0. The maximum Gasteiger partial charge on any atom is 0.162 e. The Morgan fingerprint density at radius 2 is 2.17 bits per heavy atom. The summed E-state index contributed by atoms with van der Waals surface area (Å²) in [7, 11) is 1.63. The lowest BCUT2D eigenvalue weighted by Gasteiger charge is -2.07. The molecule has 0 aliphatic heterocycles. The van der Waals surface area contributed by atoms with E-state index in [2.05, 4.69) is 15.5 Å². The zero-order valence-corrected chi connectivity index (χ0v) is 10.9. The monoisotopic (exact) mass is 247 g/mol. The summed E-state index contributed by atoms with van der Waals surface area (Å²) in [5.74, 6) is 0.730. The molecule has 0 radical (unpaired) electrons. The van der Waals surface area contributed by atoms with Gasteiger partial charge in [-0.1, -0.05) is 5.16 Å². The third-order valence-corrected chi connectivity index (χ3v) is 2.58. The molecule has 0 amide bonds. The minimum Gasteiger partial charge on any atom is -0.378 e. The molecular weight excluding hydrogens is 230 g/mol. The molecule has 96 valence electrons. The summed E-state index contributed by atoms with van der Waals surface area (Å²) < 4.78 is 10.1. The van der Waals surface area contributed by atoms with Crippen molar-refractivity contribution in [1.29, 1.82) is 0 Å². The fraction of sp³-hybridized carbons (Fsp3) is 0.385. The number of rotatable bonds is 5. The highest BCUT2D eigenvalue weighted by atomic mass is 16.5. The molecule has 5 nitrogen and oxygen atoms in total. The van der Waals surface area contributed by atoms with Crippen molar-refractivity contribution in [1.82, 2.24) is 10.1 Å². The minimum atomic E-state index is 0.443. The highest BCUT2D eigenvalue weighted by Gasteiger charge is 2.05. The van der Waals surface area contributed by atoms with Crippen LogP contribution in [0, 0.1) is 13.8 Å². The van der Waals surface area contributed by atoms with Crippen LogP contribution < -0.4 is 5.32 Å². The van der Waals surface area contributed by atoms with Crippen LogP contribution in [0.4, 0.5) is 5.69 Å². The average Bonchev–Trinajstić information content (AvgIpc) is 2.76. The molecule has 2 heterocycles. The van der Waals surface area contributed by atoms with Crippen LogP contribution in [0.3, 0.4) is 0 Å². The number of aromatic nitrogens is 2. The normalized spacial score (nSPS) is 10.6. The molecule has 2 aromatic rings. The molecule has 0 saturated carbocycles. The van der Waals surface area contributed by atoms with Crippen molar-refractivity contribution in [2.75, 3.05) is 12.4 Å². The third kappa shape index (κ3) is 3.07. The van der Waals surface area contributed by atoms with Gasteiger partial charge < -0.3 is 14.6 Å². The van der Waals surface area contributed by atoms with Gasteiger partial charge in [-0.05, 0) is 26.0 Å². The fourth-order valence-electron chi connectivity index (χ4n) is 1.71. The van der Waals surface area contributed by atoms with Crippen molar-refractivity contribution >= 4 is 5.69 Å². The number of methoxy groups -OCH3 is 1. The SMILES string of the molecule is COCc1cc(CNc2ccc(C)nc2C)no1. The number of pyridine rings is 1. The van der Waals surface area contributed by atoms with Crippen molar-refractivity contribution in [2.45, 2.75) is 27.0 Å². The predicted octanol–water partition coefficient (Wildman–Crippen LogP) is 2.44. The largest absolute Gasteiger partial charge is 0.378 e. The first-order chi connectivity index (χ1) is 8.69. The van der Waals surface area contributed by atoms with Crippen molar-refractivity contribution in [3.63, 3.8) is 0 Å². The van der Waals surface area contributed by atoms with Crippen LogP contribution in [0.15, 0.2) is 22.7 Å². The summed E-state index contributed by atoms with van der Waals surface area (Å²) >= 11 is 0. The second-order valence-corrected chi connectivity index (χ2v) is 4.16. The zero-order chi connectivity index (χ0) is 13.0. The zero-order valence-electron chi connectivity index (χ0n) is 10.9. The smallest absolute Gasteiger partial charge is 0.162 e. The molecule has 18 heavy (non-hydrogen) atoms. The second-order valence-electron chi connectivity index (χ2n) is 4.16. The maximum atomic E-state index is 5.11. The van der Waals surface area contributed by atoms with Gasteiger partial charge in [-0.2, -0.15) is 0 Å². The van der Waals surface area contributed by atoms with Gasteiger partial charge in [-0.25, -0.2) is 0 Å². The number of hydrogen-bond donors (Lipinski definition) is 1. The van der Waals surface area contributed by atoms with Gasteiger partial charge in [-0.15, -0.1) is 0 Å². The van der Waals surface area contributed by atoms with E-state index in [1.165, 1.54) is 0 Å². The summed E-state index contributed by atoms with van der Waals surface area (Å²) in [5, 5.41) is 7.25. The first-order valence-corrected chi connectivity index (χ1v) is 5.80. The Kier molecular flexibility index (Phi) is 3.94. The van der Waals surface area contributed by atoms with E-state index in [4.69, 9.17) is 9.26 Å². The van der Waals surface area contributed by atoms with Gasteiger partial charge in [0.15, 0.2) is 5.76 Å². The van der Waals surface area contributed by atoms with Gasteiger partial charge in [0.25, 0.3) is 0 Å². The average molecular weight is 247 g/mol. The van der Waals surface area contributed by atoms with Gasteiger partial charge >= 0.3 is 0 Å². The number of hydrogen-bond acceptors (Lipinski definition) is 5. The minimum absolute atomic E-state index is 0.443. The van der Waals surface area contributed by atoms with Gasteiger partial charge in [0, 0.05) is 18.9 Å². The van der Waals surface area contributed by atoms with Crippen molar-refractivity contribution < 1.29 is 9.26 Å². The number of ether oxygens (including phenoxy) is 1. The third-order valence-electron chi connectivity index (χ3n) is 2.58. The molecule has 5 heteroatoms. The van der Waals surface area contributed by atoms with E-state index >= 15 is 0 Å². The highest BCUT2D eigenvalue weighted by Crippen LogP contribution is 2.14. The Morgan fingerprint density at radius 1 is 1.33 bits per heavy atom. The topological polar surface area (TPSA) is 60.2 Å². The fourth-order valence-corrected chi connectivity index (χ4v) is 1.71. The van der Waals surface area contributed by atoms with E-state index in [0.29, 0.717) is 13.2 Å². The standard InChI is InChI=1S/C13H17N3O2/c1-9-4-5-13(10(2)15-9)14-7-11-6-12(8-17-3)18-16-11/h4-6,14H,7-8H2,1-3H3. The quantitative estimate of drug-likeness (QED) is 0.879. The summed E-state index contributed by atoms with van der Waals surface area (Å²) in [4.78, 5) is 4.39. The molecule has 0 fully saturated rings. The van der Waals surface area contributed by atoms with Gasteiger partial charge in [0.1, 0.15) is 12.3 Å². The Bertz CT molecular complexity index is 523. The number of aryl methyl sites for hydroxylation is 2. The molecule has 0 spiro atoms. The molecule has 0 aliphatic carbocycles. The first-order valence-electron chi connectivity index (χ1n) is 5.80. The summed E-state index contributed by atoms with van der Waals surface area (Å²) in [6.45, 7) is 5.01. The Hall–Kier alpha value is -1.88. The molecule has 0 atom stereocenters. The molecule has 0 bridgehead atoms. The molecule has 2 aromatic heterocycles. The van der Waals surface area contributed by atoms with Crippen molar-refractivity contribution in [2.24, 2.45) is 0 Å². The van der Waals surface area contributed by atoms with Crippen molar-refractivity contribution in [3.8, 4) is 0 Å². The van der Waals surface area contributed by atoms with E-state index in [1.807, 2.05) is 32.0 Å². The van der Waals surface area contributed by atoms with Crippen LogP contribution >= 0.6 is 0 Å². The van der Waals surface area contributed by atoms with Crippen LogP contribution in [0.5, 0.6) is 0 Å². The summed E-state index contributed by atoms with van der Waals surface area (Å²) in [6, 6.07) is 5.88. The molecular formula is C13H17N3O2. The lowest BCUT2D eigenvalue weighted by molar-refractivity contribution is 0.156. The Morgan fingerprint density at radius 3 is 2.89 bits per heavy atom. The summed E-state index contributed by atoms with van der Waals surface area (Å²) in [5.41, 5.74) is 3.86. The van der Waals surface area contributed by atoms with E-state index in [1.54, 1.807) is 7.11 Å². The molecule has 0 aromatic carbocycles. The second kappa shape index (κ2) is 5.64. The Labute approximate surface area is 106 Å². The number of nitrogens with one attached hydrogen (secondary N) is 1. The number of nitrogens with zero attached hydrogens (tertiary/aromatic N) is 2. The molecule has 1 N–H and O–H groups in total. The van der Waals surface area contributed by atoms with Crippen LogP contribution in [0.2, 0.25) is 0 Å². The van der Waals surface area contributed by atoms with Gasteiger partial charge in [0.2, 0.25) is 0 Å². The van der Waals surface area contributed by atoms with Gasteiger partial charge in [-0.3, -0.25) is 4.98 Å². The Balaban J connectivity index is 1.97. The van der Waals surface area contributed by atoms with E-state index in [9.17, 15) is 0 Å². The lowest BCUT2D eigenvalue weighted by atomic mass is 10.2. The first kappa shape index (κ1) is 12.6. The van der Waals surface area contributed by atoms with E-state index in [0.717, 1.165) is 28.5 Å². The predicted molar refractivity (Wildman–Crippen MR) is 68.3 cm³/mol. The van der Waals surface area contributed by atoms with Gasteiger partial charge in [0.05, 0.1) is 17.9 Å². The van der Waals surface area contributed by atoms with Crippen molar-refractivity contribution in [3.05, 3.63) is 41.0 Å². The van der Waals surface area contributed by atoms with Crippen LogP contribution in [0.25, 0.3) is 0 Å². The van der Waals surface area contributed by atoms with Crippen LogP contribution in [-0.2, 0) is 17.9 Å². The molecule has 0 saturated heterocycles. The maximum absolute atomic E-state index is 5.11. The number of anilines is 1. The van der Waals surface area contributed by atoms with E-state index in [-0.39, 0.29) is 0 Å². The highest BCUT2D eigenvalue weighted by molar-refractivity contribution is 5.47. The van der Waals surface area contributed by atoms with E-state index < -0.39 is 0 Å². The lowest BCUT2D eigenvalue weighted by Crippen LogP contribution is -2.02. The van der Waals surface area contributed by atoms with Crippen LogP contribution in [-0.4, -0.2) is 17.3 Å².